The van der Waals surface area contributed by atoms with Crippen LogP contribution in [0.2, 0.25) is 0 Å². The van der Waals surface area contributed by atoms with Crippen LogP contribution in [0.25, 0.3) is 11.0 Å². The van der Waals surface area contributed by atoms with Crippen molar-refractivity contribution in [2.45, 2.75) is 33.1 Å². The molecule has 3 nitrogen and oxygen atoms in total. The predicted octanol–water partition coefficient (Wildman–Crippen LogP) is 3.53. The van der Waals surface area contributed by atoms with Crippen molar-refractivity contribution in [2.75, 3.05) is 6.61 Å². The first-order chi connectivity index (χ1) is 8.74. The SMILES string of the molecule is CCCCOc1ccc2c(CC)cc(=O)oc2c1. The lowest BCUT2D eigenvalue weighted by Crippen LogP contribution is -2.01. The van der Waals surface area contributed by atoms with Crippen LogP contribution in [-0.2, 0) is 6.42 Å². The Labute approximate surface area is 106 Å². The molecule has 2 rings (SSSR count). The maximum absolute atomic E-state index is 11.4. The minimum atomic E-state index is -0.301. The number of aryl methyl sites for hydroxylation is 1. The quantitative estimate of drug-likeness (QED) is 0.598. The fraction of sp³-hybridized carbons (Fsp3) is 0.400. The van der Waals surface area contributed by atoms with Gasteiger partial charge in [0.15, 0.2) is 0 Å². The molecule has 0 aliphatic heterocycles. The van der Waals surface area contributed by atoms with Gasteiger partial charge in [-0.05, 0) is 30.5 Å². The second-order valence-corrected chi connectivity index (χ2v) is 4.30. The van der Waals surface area contributed by atoms with Crippen LogP contribution in [0.5, 0.6) is 5.75 Å². The summed E-state index contributed by atoms with van der Waals surface area (Å²) in [6, 6.07) is 7.24. The highest BCUT2D eigenvalue weighted by molar-refractivity contribution is 5.81. The largest absolute Gasteiger partial charge is 0.493 e. The van der Waals surface area contributed by atoms with Crippen molar-refractivity contribution in [3.63, 3.8) is 0 Å². The average Bonchev–Trinajstić information content (AvgIpc) is 2.37. The number of hydrogen-bond acceptors (Lipinski definition) is 3. The van der Waals surface area contributed by atoms with Crippen molar-refractivity contribution in [1.82, 2.24) is 0 Å². The van der Waals surface area contributed by atoms with E-state index in [0.29, 0.717) is 12.2 Å². The molecule has 0 unspecified atom stereocenters. The fourth-order valence-electron chi connectivity index (χ4n) is 1.93. The number of benzene rings is 1. The number of hydrogen-bond donors (Lipinski definition) is 0. The molecule has 1 aromatic heterocycles. The van der Waals surface area contributed by atoms with Crippen molar-refractivity contribution in [2.24, 2.45) is 0 Å². The molecule has 3 heteroatoms. The standard InChI is InChI=1S/C15H18O3/c1-3-5-8-17-12-6-7-13-11(4-2)9-15(16)18-14(13)10-12/h6-7,9-10H,3-5,8H2,1-2H3. The first-order valence-electron chi connectivity index (χ1n) is 6.44. The van der Waals surface area contributed by atoms with Gasteiger partial charge in [0.2, 0.25) is 0 Å². The highest BCUT2D eigenvalue weighted by Gasteiger charge is 2.05. The monoisotopic (exact) mass is 246 g/mol. The zero-order chi connectivity index (χ0) is 13.0. The molecule has 0 fully saturated rings. The molecule has 0 aliphatic carbocycles. The van der Waals surface area contributed by atoms with Crippen molar-refractivity contribution in [3.05, 3.63) is 40.2 Å². The fourth-order valence-corrected chi connectivity index (χ4v) is 1.93. The molecule has 1 heterocycles. The van der Waals surface area contributed by atoms with Crippen LogP contribution >= 0.6 is 0 Å². The lowest BCUT2D eigenvalue weighted by atomic mass is 10.1. The molecule has 0 bridgehead atoms. The van der Waals surface area contributed by atoms with Crippen LogP contribution in [-0.4, -0.2) is 6.61 Å². The van der Waals surface area contributed by atoms with Gasteiger partial charge < -0.3 is 9.15 Å². The second kappa shape index (κ2) is 5.71. The van der Waals surface area contributed by atoms with E-state index in [2.05, 4.69) is 6.92 Å². The Kier molecular flexibility index (Phi) is 4.03. The molecule has 1 aromatic carbocycles. The number of fused-ring (bicyclic) bond motifs is 1. The van der Waals surface area contributed by atoms with Gasteiger partial charge >= 0.3 is 5.63 Å². The molecule has 2 aromatic rings. The van der Waals surface area contributed by atoms with Gasteiger partial charge in [-0.3, -0.25) is 0 Å². The third-order valence-corrected chi connectivity index (χ3v) is 2.95. The van der Waals surface area contributed by atoms with Crippen LogP contribution < -0.4 is 10.4 Å². The molecular formula is C15H18O3. The molecule has 0 aliphatic rings. The van der Waals surface area contributed by atoms with Crippen molar-refractivity contribution in [3.8, 4) is 5.75 Å². The highest BCUT2D eigenvalue weighted by atomic mass is 16.5. The smallest absolute Gasteiger partial charge is 0.336 e. The van der Waals surface area contributed by atoms with Crippen LogP contribution in [0.4, 0.5) is 0 Å². The Bertz CT molecular complexity index is 584. The Morgan fingerprint density at radius 3 is 2.78 bits per heavy atom. The molecule has 0 saturated carbocycles. The van der Waals surface area contributed by atoms with Crippen LogP contribution in [0.15, 0.2) is 33.5 Å². The summed E-state index contributed by atoms with van der Waals surface area (Å²) in [7, 11) is 0. The van der Waals surface area contributed by atoms with E-state index in [-0.39, 0.29) is 5.63 Å². The highest BCUT2D eigenvalue weighted by Crippen LogP contribution is 2.23. The summed E-state index contributed by atoms with van der Waals surface area (Å²) >= 11 is 0. The van der Waals surface area contributed by atoms with E-state index in [1.54, 1.807) is 12.1 Å². The summed E-state index contributed by atoms with van der Waals surface area (Å²) in [5, 5.41) is 0.986. The molecule has 0 spiro atoms. The molecule has 0 atom stereocenters. The van der Waals surface area contributed by atoms with Gasteiger partial charge in [-0.15, -0.1) is 0 Å². The van der Waals surface area contributed by atoms with Gasteiger partial charge in [-0.2, -0.15) is 0 Å². The summed E-state index contributed by atoms with van der Waals surface area (Å²) < 4.78 is 10.8. The van der Waals surface area contributed by atoms with E-state index in [9.17, 15) is 4.79 Å². The van der Waals surface area contributed by atoms with Crippen LogP contribution in [0.1, 0.15) is 32.3 Å². The molecule has 0 N–H and O–H groups in total. The zero-order valence-electron chi connectivity index (χ0n) is 10.9. The number of rotatable bonds is 5. The average molecular weight is 246 g/mol. The third kappa shape index (κ3) is 2.73. The number of unbranched alkanes of at least 4 members (excludes halogenated alkanes) is 1. The van der Waals surface area contributed by atoms with E-state index >= 15 is 0 Å². The van der Waals surface area contributed by atoms with Crippen molar-refractivity contribution >= 4 is 11.0 Å². The maximum Gasteiger partial charge on any atom is 0.336 e. The van der Waals surface area contributed by atoms with Crippen LogP contribution in [0.3, 0.4) is 0 Å². The van der Waals surface area contributed by atoms with Gasteiger partial charge in [0, 0.05) is 17.5 Å². The van der Waals surface area contributed by atoms with E-state index in [0.717, 1.165) is 36.0 Å². The lowest BCUT2D eigenvalue weighted by Gasteiger charge is -2.07. The van der Waals surface area contributed by atoms with E-state index < -0.39 is 0 Å². The van der Waals surface area contributed by atoms with E-state index in [1.165, 1.54) is 0 Å². The second-order valence-electron chi connectivity index (χ2n) is 4.30. The number of ether oxygens (including phenoxy) is 1. The molecule has 0 saturated heterocycles. The van der Waals surface area contributed by atoms with Crippen molar-refractivity contribution in [1.29, 1.82) is 0 Å². The van der Waals surface area contributed by atoms with Crippen molar-refractivity contribution < 1.29 is 9.15 Å². The molecule has 0 amide bonds. The van der Waals surface area contributed by atoms with Gasteiger partial charge in [0.25, 0.3) is 0 Å². The van der Waals surface area contributed by atoms with Gasteiger partial charge in [0.1, 0.15) is 11.3 Å². The van der Waals surface area contributed by atoms with E-state index in [1.807, 2.05) is 19.1 Å². The predicted molar refractivity (Wildman–Crippen MR) is 72.3 cm³/mol. The van der Waals surface area contributed by atoms with E-state index in [4.69, 9.17) is 9.15 Å². The Hall–Kier alpha value is -1.77. The summed E-state index contributed by atoms with van der Waals surface area (Å²) in [4.78, 5) is 11.4. The molecular weight excluding hydrogens is 228 g/mol. The lowest BCUT2D eigenvalue weighted by molar-refractivity contribution is 0.309. The van der Waals surface area contributed by atoms with Crippen LogP contribution in [0, 0.1) is 0 Å². The Morgan fingerprint density at radius 2 is 2.06 bits per heavy atom. The molecule has 96 valence electrons. The maximum atomic E-state index is 11.4. The summed E-state index contributed by atoms with van der Waals surface area (Å²) in [6.07, 6.45) is 2.94. The normalized spacial score (nSPS) is 10.8. The Morgan fingerprint density at radius 1 is 1.22 bits per heavy atom. The van der Waals surface area contributed by atoms with Gasteiger partial charge in [-0.25, -0.2) is 4.79 Å². The summed E-state index contributed by atoms with van der Waals surface area (Å²) in [6.45, 7) is 4.84. The summed E-state index contributed by atoms with van der Waals surface area (Å²) in [5.74, 6) is 0.757. The molecule has 18 heavy (non-hydrogen) atoms. The zero-order valence-corrected chi connectivity index (χ0v) is 10.9. The Balaban J connectivity index is 2.36. The third-order valence-electron chi connectivity index (χ3n) is 2.95. The van der Waals surface area contributed by atoms with Gasteiger partial charge in [-0.1, -0.05) is 20.3 Å². The topological polar surface area (TPSA) is 39.4 Å². The minimum absolute atomic E-state index is 0.301. The molecule has 0 radical (unpaired) electrons. The van der Waals surface area contributed by atoms with Gasteiger partial charge in [0.05, 0.1) is 6.61 Å². The summed E-state index contributed by atoms with van der Waals surface area (Å²) in [5.41, 5.74) is 1.32. The first kappa shape index (κ1) is 12.7. The minimum Gasteiger partial charge on any atom is -0.493 e. The first-order valence-corrected chi connectivity index (χ1v) is 6.44.